The smallest absolute Gasteiger partial charge is 0.273 e. The Morgan fingerprint density at radius 3 is 2.74 bits per heavy atom. The van der Waals surface area contributed by atoms with E-state index in [1.807, 2.05) is 5.32 Å². The Kier molecular flexibility index (Phi) is 4.11. The molecule has 1 aromatic carbocycles. The van der Waals surface area contributed by atoms with Gasteiger partial charge in [0.2, 0.25) is 0 Å². The van der Waals surface area contributed by atoms with Gasteiger partial charge in [-0.15, -0.1) is 10.2 Å². The summed E-state index contributed by atoms with van der Waals surface area (Å²) in [7, 11) is 1.70. The van der Waals surface area contributed by atoms with E-state index >= 15 is 0 Å². The van der Waals surface area contributed by atoms with Crippen LogP contribution in [-0.2, 0) is 7.05 Å². The minimum Gasteiger partial charge on any atom is -0.354 e. The number of rotatable bonds is 5. The molecule has 9 nitrogen and oxygen atoms in total. The van der Waals surface area contributed by atoms with Crippen molar-refractivity contribution in [1.82, 2.24) is 30.3 Å². The molecule has 0 saturated carbocycles. The van der Waals surface area contributed by atoms with Crippen LogP contribution in [0.25, 0.3) is 11.4 Å². The molecule has 0 unspecified atom stereocenters. The SMILES string of the molecule is [2H]C([2H])([2H])NC(=O)c1nnc(Cl)cc1Nc1cccc(-c2ncn(C)n2)c1C(C)=O. The maximum atomic E-state index is 12.4. The first-order chi connectivity index (χ1) is 14.0. The van der Waals surface area contributed by atoms with E-state index in [4.69, 9.17) is 15.7 Å². The molecule has 3 rings (SSSR count). The fourth-order valence-corrected chi connectivity index (χ4v) is 2.67. The molecule has 2 heterocycles. The van der Waals surface area contributed by atoms with Crippen LogP contribution in [0.4, 0.5) is 11.4 Å². The minimum atomic E-state index is -2.72. The number of benzene rings is 1. The van der Waals surface area contributed by atoms with Crippen LogP contribution < -0.4 is 10.6 Å². The van der Waals surface area contributed by atoms with Crippen molar-refractivity contribution in [2.24, 2.45) is 7.05 Å². The van der Waals surface area contributed by atoms with E-state index in [1.165, 1.54) is 24.0 Å². The number of halogens is 1. The van der Waals surface area contributed by atoms with E-state index in [2.05, 4.69) is 25.6 Å². The van der Waals surface area contributed by atoms with Crippen molar-refractivity contribution in [3.8, 4) is 11.4 Å². The van der Waals surface area contributed by atoms with Gasteiger partial charge in [0.25, 0.3) is 5.91 Å². The van der Waals surface area contributed by atoms with E-state index in [0.29, 0.717) is 17.1 Å². The molecule has 0 bridgehead atoms. The van der Waals surface area contributed by atoms with Crippen molar-refractivity contribution in [3.05, 3.63) is 47.0 Å². The largest absolute Gasteiger partial charge is 0.354 e. The number of aromatic nitrogens is 5. The van der Waals surface area contributed by atoms with Gasteiger partial charge in [-0.2, -0.15) is 5.10 Å². The second-order valence-corrected chi connectivity index (χ2v) is 5.92. The van der Waals surface area contributed by atoms with E-state index < -0.39 is 12.9 Å². The molecule has 0 radical (unpaired) electrons. The van der Waals surface area contributed by atoms with Gasteiger partial charge in [-0.25, -0.2) is 4.98 Å². The van der Waals surface area contributed by atoms with Gasteiger partial charge in [0.15, 0.2) is 22.5 Å². The number of anilines is 2. The third kappa shape index (κ3) is 3.77. The molecule has 2 N–H and O–H groups in total. The Balaban J connectivity index is 2.08. The fourth-order valence-electron chi connectivity index (χ4n) is 2.52. The Bertz CT molecular complexity index is 1130. The molecule has 0 aliphatic rings. The van der Waals surface area contributed by atoms with E-state index in [1.54, 1.807) is 25.2 Å². The number of hydrogen-bond donors (Lipinski definition) is 2. The van der Waals surface area contributed by atoms with Crippen LogP contribution in [0.3, 0.4) is 0 Å². The highest BCUT2D eigenvalue weighted by Gasteiger charge is 2.20. The molecular formula is C17H16ClN7O2. The summed E-state index contributed by atoms with van der Waals surface area (Å²) in [4.78, 5) is 28.9. The van der Waals surface area contributed by atoms with Crippen molar-refractivity contribution in [1.29, 1.82) is 0 Å². The number of hydrogen-bond acceptors (Lipinski definition) is 7. The molecule has 0 fully saturated rings. The van der Waals surface area contributed by atoms with Crippen LogP contribution in [0.5, 0.6) is 0 Å². The second-order valence-electron chi connectivity index (χ2n) is 5.53. The van der Waals surface area contributed by atoms with Crippen LogP contribution in [0.15, 0.2) is 30.6 Å². The molecule has 0 aliphatic carbocycles. The third-order valence-electron chi connectivity index (χ3n) is 3.62. The highest BCUT2D eigenvalue weighted by Crippen LogP contribution is 2.31. The lowest BCUT2D eigenvalue weighted by Gasteiger charge is -2.15. The van der Waals surface area contributed by atoms with Gasteiger partial charge in [-0.3, -0.25) is 14.3 Å². The number of amides is 1. The molecule has 1 amide bonds. The molecule has 0 atom stereocenters. The van der Waals surface area contributed by atoms with Crippen molar-refractivity contribution >= 4 is 34.7 Å². The standard InChI is InChI=1S/C17H16ClN7O2/c1-9(26)14-10(16-20-8-25(3)24-16)5-4-6-11(14)21-12-7-13(18)22-23-15(12)17(27)19-2/h4-8H,1-3H3,(H,19,27)(H,21,22)/i2D3. The first kappa shape index (κ1) is 14.8. The summed E-state index contributed by atoms with van der Waals surface area (Å²) < 4.78 is 23.1. The highest BCUT2D eigenvalue weighted by atomic mass is 35.5. The number of nitrogens with zero attached hydrogens (tertiary/aromatic N) is 5. The Morgan fingerprint density at radius 2 is 2.07 bits per heavy atom. The number of Topliss-reactive ketones (excluding diaryl/α,β-unsaturated/α-hetero) is 1. The monoisotopic (exact) mass is 388 g/mol. The molecule has 0 spiro atoms. The summed E-state index contributed by atoms with van der Waals surface area (Å²) in [6.07, 6.45) is 1.50. The maximum absolute atomic E-state index is 12.4. The average molecular weight is 389 g/mol. The summed E-state index contributed by atoms with van der Waals surface area (Å²) in [6.45, 7) is -1.34. The maximum Gasteiger partial charge on any atom is 0.273 e. The van der Waals surface area contributed by atoms with Crippen LogP contribution in [-0.4, -0.2) is 43.6 Å². The van der Waals surface area contributed by atoms with Gasteiger partial charge in [0, 0.05) is 29.8 Å². The molecule has 10 heteroatoms. The lowest BCUT2D eigenvalue weighted by Crippen LogP contribution is -2.21. The quantitative estimate of drug-likeness (QED) is 0.644. The number of aryl methyl sites for hydroxylation is 1. The van der Waals surface area contributed by atoms with Crippen LogP contribution >= 0.6 is 11.6 Å². The number of ketones is 1. The van der Waals surface area contributed by atoms with Crippen molar-refractivity contribution in [3.63, 3.8) is 0 Å². The number of carbonyl (C=O) groups is 2. The first-order valence-electron chi connectivity index (χ1n) is 9.18. The highest BCUT2D eigenvalue weighted by molar-refractivity contribution is 6.29. The van der Waals surface area contributed by atoms with Crippen LogP contribution in [0, 0.1) is 0 Å². The summed E-state index contributed by atoms with van der Waals surface area (Å²) >= 11 is 5.91. The molecule has 138 valence electrons. The molecule has 27 heavy (non-hydrogen) atoms. The Morgan fingerprint density at radius 1 is 1.26 bits per heavy atom. The zero-order valence-corrected chi connectivity index (χ0v) is 15.1. The summed E-state index contributed by atoms with van der Waals surface area (Å²) in [5.41, 5.74) is 0.866. The average Bonchev–Trinajstić information content (AvgIpc) is 3.06. The number of nitrogens with one attached hydrogen (secondary N) is 2. The third-order valence-corrected chi connectivity index (χ3v) is 3.80. The zero-order chi connectivity index (χ0) is 22.1. The molecule has 0 aliphatic heterocycles. The second kappa shape index (κ2) is 7.50. The predicted molar refractivity (Wildman–Crippen MR) is 100 cm³/mol. The van der Waals surface area contributed by atoms with Gasteiger partial charge >= 0.3 is 0 Å². The van der Waals surface area contributed by atoms with E-state index in [-0.39, 0.29) is 27.9 Å². The summed E-state index contributed by atoms with van der Waals surface area (Å²) in [5, 5.41) is 16.3. The minimum absolute atomic E-state index is 0.0325. The normalized spacial score (nSPS) is 12.6. The van der Waals surface area contributed by atoms with Gasteiger partial charge in [0.1, 0.15) is 6.33 Å². The molecular weight excluding hydrogens is 370 g/mol. The topological polar surface area (TPSA) is 115 Å². The van der Waals surface area contributed by atoms with E-state index in [9.17, 15) is 9.59 Å². The van der Waals surface area contributed by atoms with Crippen molar-refractivity contribution in [2.45, 2.75) is 6.92 Å². The lowest BCUT2D eigenvalue weighted by atomic mass is 10.0. The summed E-state index contributed by atoms with van der Waals surface area (Å²) in [6, 6.07) is 6.29. The Labute approximate surface area is 164 Å². The molecule has 0 saturated heterocycles. The van der Waals surface area contributed by atoms with Gasteiger partial charge in [-0.05, 0) is 13.0 Å². The van der Waals surface area contributed by atoms with Crippen molar-refractivity contribution < 1.29 is 13.7 Å². The van der Waals surface area contributed by atoms with Gasteiger partial charge < -0.3 is 10.6 Å². The number of carbonyl (C=O) groups excluding carboxylic acids is 2. The zero-order valence-electron chi connectivity index (χ0n) is 17.3. The summed E-state index contributed by atoms with van der Waals surface area (Å²) in [5.74, 6) is -0.909. The molecule has 3 aromatic rings. The predicted octanol–water partition coefficient (Wildman–Crippen LogP) is 2.23. The fraction of sp³-hybridized carbons (Fsp3) is 0.176. The molecule has 2 aromatic heterocycles. The van der Waals surface area contributed by atoms with Crippen LogP contribution in [0.1, 0.15) is 31.9 Å². The van der Waals surface area contributed by atoms with Crippen LogP contribution in [0.2, 0.25) is 5.15 Å². The van der Waals surface area contributed by atoms with E-state index in [0.717, 1.165) is 0 Å². The Hall–Kier alpha value is -3.33. The van der Waals surface area contributed by atoms with Crippen molar-refractivity contribution in [2.75, 3.05) is 12.3 Å². The van der Waals surface area contributed by atoms with Gasteiger partial charge in [-0.1, -0.05) is 23.7 Å². The van der Waals surface area contributed by atoms with Gasteiger partial charge in [0.05, 0.1) is 16.9 Å². The lowest BCUT2D eigenvalue weighted by molar-refractivity contribution is 0.0957. The first-order valence-corrected chi connectivity index (χ1v) is 8.05.